The second-order valence-electron chi connectivity index (χ2n) is 5.25. The second-order valence-corrected chi connectivity index (χ2v) is 6.31. The molecule has 1 aromatic rings. The highest BCUT2D eigenvalue weighted by Gasteiger charge is 2.13. The van der Waals surface area contributed by atoms with Gasteiger partial charge < -0.3 is 15.0 Å². The second kappa shape index (κ2) is 8.51. The SMILES string of the molecule is CCCN(C)c1nc(COC)c(CNCC(C)C)s1. The summed E-state index contributed by atoms with van der Waals surface area (Å²) in [6.07, 6.45) is 1.14. The zero-order valence-electron chi connectivity index (χ0n) is 12.8. The topological polar surface area (TPSA) is 37.4 Å². The van der Waals surface area contributed by atoms with Crippen molar-refractivity contribution >= 4 is 16.5 Å². The van der Waals surface area contributed by atoms with Gasteiger partial charge in [-0.25, -0.2) is 4.98 Å². The lowest BCUT2D eigenvalue weighted by atomic mass is 10.2. The van der Waals surface area contributed by atoms with Crippen molar-refractivity contribution < 1.29 is 4.74 Å². The van der Waals surface area contributed by atoms with Crippen LogP contribution in [0.15, 0.2) is 0 Å². The molecule has 0 fully saturated rings. The minimum atomic E-state index is 0.592. The Hall–Kier alpha value is -0.650. The van der Waals surface area contributed by atoms with E-state index in [9.17, 15) is 0 Å². The number of hydrogen-bond donors (Lipinski definition) is 1. The first kappa shape index (κ1) is 16.4. The van der Waals surface area contributed by atoms with Gasteiger partial charge in [0.2, 0.25) is 0 Å². The number of nitrogens with one attached hydrogen (secondary N) is 1. The summed E-state index contributed by atoms with van der Waals surface area (Å²) in [4.78, 5) is 8.21. The van der Waals surface area contributed by atoms with Crippen LogP contribution in [0.3, 0.4) is 0 Å². The smallest absolute Gasteiger partial charge is 0.185 e. The lowest BCUT2D eigenvalue weighted by molar-refractivity contribution is 0.181. The Balaban J connectivity index is 2.70. The number of hydrogen-bond acceptors (Lipinski definition) is 5. The van der Waals surface area contributed by atoms with Gasteiger partial charge in [-0.15, -0.1) is 11.3 Å². The maximum Gasteiger partial charge on any atom is 0.185 e. The molecule has 0 aromatic carbocycles. The van der Waals surface area contributed by atoms with E-state index in [0.29, 0.717) is 12.5 Å². The summed E-state index contributed by atoms with van der Waals surface area (Å²) in [6.45, 7) is 10.2. The molecule has 1 N–H and O–H groups in total. The maximum atomic E-state index is 5.25. The molecule has 0 amide bonds. The Morgan fingerprint density at radius 3 is 2.74 bits per heavy atom. The fraction of sp³-hybridized carbons (Fsp3) is 0.786. The molecule has 0 saturated carbocycles. The van der Waals surface area contributed by atoms with E-state index in [2.05, 4.69) is 38.0 Å². The molecule has 0 aliphatic heterocycles. The van der Waals surface area contributed by atoms with E-state index >= 15 is 0 Å². The Kier molecular flexibility index (Phi) is 7.34. The first-order chi connectivity index (χ1) is 9.08. The van der Waals surface area contributed by atoms with Crippen molar-refractivity contribution in [2.24, 2.45) is 5.92 Å². The summed E-state index contributed by atoms with van der Waals surface area (Å²) in [7, 11) is 3.82. The largest absolute Gasteiger partial charge is 0.378 e. The third-order valence-corrected chi connectivity index (χ3v) is 3.98. The number of thiazole rings is 1. The first-order valence-corrected chi connectivity index (χ1v) is 7.79. The molecule has 1 rings (SSSR count). The zero-order valence-corrected chi connectivity index (χ0v) is 13.6. The van der Waals surface area contributed by atoms with Crippen molar-refractivity contribution in [2.75, 3.05) is 32.1 Å². The summed E-state index contributed by atoms with van der Waals surface area (Å²) in [6, 6.07) is 0. The van der Waals surface area contributed by atoms with Gasteiger partial charge in [-0.1, -0.05) is 20.8 Å². The molecule has 0 unspecified atom stereocenters. The summed E-state index contributed by atoms with van der Waals surface area (Å²) >= 11 is 1.77. The normalized spacial score (nSPS) is 11.3. The fourth-order valence-electron chi connectivity index (χ4n) is 1.83. The van der Waals surface area contributed by atoms with Gasteiger partial charge in [0.15, 0.2) is 5.13 Å². The zero-order chi connectivity index (χ0) is 14.3. The lowest BCUT2D eigenvalue weighted by Gasteiger charge is -2.13. The molecular weight excluding hydrogens is 258 g/mol. The Bertz CT molecular complexity index is 366. The van der Waals surface area contributed by atoms with Gasteiger partial charge >= 0.3 is 0 Å². The van der Waals surface area contributed by atoms with Crippen LogP contribution in [-0.4, -0.2) is 32.2 Å². The molecule has 0 spiro atoms. The highest BCUT2D eigenvalue weighted by molar-refractivity contribution is 7.15. The molecule has 0 radical (unpaired) electrons. The maximum absolute atomic E-state index is 5.25. The van der Waals surface area contributed by atoms with Gasteiger partial charge in [-0.3, -0.25) is 0 Å². The molecule has 0 aliphatic rings. The summed E-state index contributed by atoms with van der Waals surface area (Å²) < 4.78 is 5.25. The van der Waals surface area contributed by atoms with Crippen molar-refractivity contribution in [3.05, 3.63) is 10.6 Å². The predicted octanol–water partition coefficient (Wildman–Crippen LogP) is 2.88. The molecule has 0 atom stereocenters. The van der Waals surface area contributed by atoms with Crippen LogP contribution in [0.5, 0.6) is 0 Å². The van der Waals surface area contributed by atoms with Crippen LogP contribution >= 0.6 is 11.3 Å². The fourth-order valence-corrected chi connectivity index (χ4v) is 2.85. The Morgan fingerprint density at radius 2 is 2.16 bits per heavy atom. The first-order valence-electron chi connectivity index (χ1n) is 6.97. The monoisotopic (exact) mass is 285 g/mol. The van der Waals surface area contributed by atoms with E-state index in [0.717, 1.165) is 36.9 Å². The minimum Gasteiger partial charge on any atom is -0.378 e. The Morgan fingerprint density at radius 1 is 1.42 bits per heavy atom. The van der Waals surface area contributed by atoms with Crippen LogP contribution in [0.25, 0.3) is 0 Å². The molecule has 0 saturated heterocycles. The molecule has 0 aliphatic carbocycles. The van der Waals surface area contributed by atoms with Crippen molar-refractivity contribution in [3.8, 4) is 0 Å². The van der Waals surface area contributed by atoms with Gasteiger partial charge in [-0.05, 0) is 18.9 Å². The van der Waals surface area contributed by atoms with E-state index in [1.54, 1.807) is 18.4 Å². The van der Waals surface area contributed by atoms with E-state index in [1.165, 1.54) is 4.88 Å². The molecule has 1 heterocycles. The highest BCUT2D eigenvalue weighted by Crippen LogP contribution is 2.26. The molecule has 1 aromatic heterocycles. The third kappa shape index (κ3) is 5.47. The van der Waals surface area contributed by atoms with Crippen LogP contribution in [0.1, 0.15) is 37.8 Å². The van der Waals surface area contributed by atoms with Crippen LogP contribution in [0, 0.1) is 5.92 Å². The van der Waals surface area contributed by atoms with Crippen LogP contribution in [0.4, 0.5) is 5.13 Å². The van der Waals surface area contributed by atoms with Gasteiger partial charge in [0.1, 0.15) is 0 Å². The molecular formula is C14H27N3OS. The number of rotatable bonds is 9. The van der Waals surface area contributed by atoms with Gasteiger partial charge in [0.25, 0.3) is 0 Å². The van der Waals surface area contributed by atoms with Crippen LogP contribution in [-0.2, 0) is 17.9 Å². The average Bonchev–Trinajstić information content (AvgIpc) is 2.73. The van der Waals surface area contributed by atoms with Gasteiger partial charge in [0.05, 0.1) is 12.3 Å². The summed E-state index contributed by atoms with van der Waals surface area (Å²) in [5.74, 6) is 0.668. The predicted molar refractivity (Wildman–Crippen MR) is 82.9 cm³/mol. The molecule has 110 valence electrons. The number of nitrogens with zero attached hydrogens (tertiary/aromatic N) is 2. The highest BCUT2D eigenvalue weighted by atomic mass is 32.1. The van der Waals surface area contributed by atoms with E-state index < -0.39 is 0 Å². The van der Waals surface area contributed by atoms with E-state index in [4.69, 9.17) is 9.72 Å². The van der Waals surface area contributed by atoms with Crippen LogP contribution < -0.4 is 10.2 Å². The molecule has 5 heteroatoms. The van der Waals surface area contributed by atoms with E-state index in [-0.39, 0.29) is 0 Å². The van der Waals surface area contributed by atoms with Crippen molar-refractivity contribution in [1.82, 2.24) is 10.3 Å². The number of ether oxygens (including phenoxy) is 1. The minimum absolute atomic E-state index is 0.592. The standard InChI is InChI=1S/C14H27N3OS/c1-6-7-17(4)14-16-12(10-18-5)13(19-14)9-15-8-11(2)3/h11,15H,6-10H2,1-5H3. The quantitative estimate of drug-likeness (QED) is 0.757. The van der Waals surface area contributed by atoms with E-state index in [1.807, 2.05) is 0 Å². The molecule has 4 nitrogen and oxygen atoms in total. The Labute approximate surface area is 121 Å². The van der Waals surface area contributed by atoms with Crippen molar-refractivity contribution in [2.45, 2.75) is 40.3 Å². The molecule has 0 bridgehead atoms. The van der Waals surface area contributed by atoms with Crippen molar-refractivity contribution in [1.29, 1.82) is 0 Å². The summed E-state index contributed by atoms with van der Waals surface area (Å²) in [5.41, 5.74) is 1.07. The number of methoxy groups -OCH3 is 1. The lowest BCUT2D eigenvalue weighted by Crippen LogP contribution is -2.19. The van der Waals surface area contributed by atoms with Gasteiger partial charge in [0, 0.05) is 32.1 Å². The van der Waals surface area contributed by atoms with Crippen molar-refractivity contribution in [3.63, 3.8) is 0 Å². The van der Waals surface area contributed by atoms with Crippen LogP contribution in [0.2, 0.25) is 0 Å². The summed E-state index contributed by atoms with van der Waals surface area (Å²) in [5, 5.41) is 4.57. The third-order valence-electron chi connectivity index (χ3n) is 2.77. The number of aromatic nitrogens is 1. The van der Waals surface area contributed by atoms with Gasteiger partial charge in [-0.2, -0.15) is 0 Å². The average molecular weight is 285 g/mol. The molecule has 19 heavy (non-hydrogen) atoms. The number of anilines is 1.